The molecule has 6 heteroatoms. The fourth-order valence-corrected chi connectivity index (χ4v) is 1.86. The van der Waals surface area contributed by atoms with Gasteiger partial charge in [-0.1, -0.05) is 48.5 Å². The third-order valence-corrected chi connectivity index (χ3v) is 3.06. The number of hydrogen-bond donors (Lipinski definition) is 1. The number of benzene rings is 2. The highest BCUT2D eigenvalue weighted by Crippen LogP contribution is 2.21. The van der Waals surface area contributed by atoms with Crippen molar-refractivity contribution in [3.8, 4) is 5.75 Å². The first kappa shape index (κ1) is 16.5. The van der Waals surface area contributed by atoms with Gasteiger partial charge in [0.1, 0.15) is 12.4 Å². The second-order valence-corrected chi connectivity index (χ2v) is 4.60. The summed E-state index contributed by atoms with van der Waals surface area (Å²) in [5, 5.41) is 9.40. The Morgan fingerprint density at radius 3 is 2.09 bits per heavy atom. The van der Waals surface area contributed by atoms with Gasteiger partial charge in [-0.25, -0.2) is 9.59 Å². The number of carboxylic acid groups (broad SMARTS) is 1. The molecule has 0 aliphatic heterocycles. The number of esters is 1. The summed E-state index contributed by atoms with van der Waals surface area (Å²) < 4.78 is 15.2. The van der Waals surface area contributed by atoms with E-state index in [1.54, 1.807) is 42.5 Å². The van der Waals surface area contributed by atoms with E-state index in [4.69, 9.17) is 14.2 Å². The molecular weight excluding hydrogens is 300 g/mol. The average Bonchev–Trinajstić information content (AvgIpc) is 2.59. The number of methoxy groups -OCH3 is 1. The molecule has 0 spiro atoms. The number of ether oxygens (including phenoxy) is 3. The van der Waals surface area contributed by atoms with Gasteiger partial charge in [0, 0.05) is 7.11 Å². The summed E-state index contributed by atoms with van der Waals surface area (Å²) in [6.45, 7) is -0.0871. The maximum atomic E-state index is 12.3. The molecule has 0 saturated carbocycles. The zero-order chi connectivity index (χ0) is 16.7. The maximum absolute atomic E-state index is 12.3. The summed E-state index contributed by atoms with van der Waals surface area (Å²) in [7, 11) is 1.07. The van der Waals surface area contributed by atoms with Crippen LogP contribution >= 0.6 is 0 Å². The van der Waals surface area contributed by atoms with E-state index >= 15 is 0 Å². The molecule has 2 aromatic rings. The Morgan fingerprint density at radius 1 is 1.00 bits per heavy atom. The summed E-state index contributed by atoms with van der Waals surface area (Å²) in [4.78, 5) is 23.8. The van der Waals surface area contributed by atoms with E-state index in [0.29, 0.717) is 0 Å². The summed E-state index contributed by atoms with van der Waals surface area (Å²) >= 11 is 0. The summed E-state index contributed by atoms with van der Waals surface area (Å²) in [5.41, 5.74) is 0.718. The molecule has 1 N–H and O–H groups in total. The van der Waals surface area contributed by atoms with E-state index in [-0.39, 0.29) is 12.4 Å². The summed E-state index contributed by atoms with van der Waals surface area (Å²) in [5.74, 6) is -5.12. The van der Waals surface area contributed by atoms with Crippen LogP contribution in [0.1, 0.15) is 5.56 Å². The van der Waals surface area contributed by atoms with Crippen molar-refractivity contribution in [1.29, 1.82) is 0 Å². The normalized spacial score (nSPS) is 12.9. The fraction of sp³-hybridized carbons (Fsp3) is 0.176. The maximum Gasteiger partial charge on any atom is 0.411 e. The largest absolute Gasteiger partial charge is 0.476 e. The van der Waals surface area contributed by atoms with Crippen LogP contribution in [0.3, 0.4) is 0 Å². The van der Waals surface area contributed by atoms with Crippen LogP contribution in [0.4, 0.5) is 0 Å². The molecule has 2 rings (SSSR count). The standard InChI is InChI=1S/C17H16O6/c1-21-17(15(18)19,23-14-10-6-3-7-11-14)16(20)22-12-13-8-4-2-5-9-13/h2-11H,12H2,1H3,(H,18,19). The SMILES string of the molecule is COC(Oc1ccccc1)(C(=O)O)C(=O)OCc1ccccc1. The highest BCUT2D eigenvalue weighted by Gasteiger charge is 2.52. The molecule has 0 radical (unpaired) electrons. The van der Waals surface area contributed by atoms with Crippen LogP contribution in [0.25, 0.3) is 0 Å². The molecule has 120 valence electrons. The molecule has 0 aliphatic rings. The number of rotatable bonds is 7. The van der Waals surface area contributed by atoms with Crippen molar-refractivity contribution in [2.24, 2.45) is 0 Å². The molecule has 0 amide bonds. The minimum atomic E-state index is -2.56. The molecular formula is C17H16O6. The lowest BCUT2D eigenvalue weighted by atomic mass is 10.2. The van der Waals surface area contributed by atoms with Gasteiger partial charge in [0.05, 0.1) is 0 Å². The van der Waals surface area contributed by atoms with Gasteiger partial charge in [-0.2, -0.15) is 0 Å². The highest BCUT2D eigenvalue weighted by molar-refractivity contribution is 6.01. The lowest BCUT2D eigenvalue weighted by Gasteiger charge is -2.26. The monoisotopic (exact) mass is 316 g/mol. The van der Waals surface area contributed by atoms with E-state index in [0.717, 1.165) is 12.7 Å². The molecule has 0 aliphatic carbocycles. The van der Waals surface area contributed by atoms with Crippen LogP contribution in [0.15, 0.2) is 60.7 Å². The number of hydrogen-bond acceptors (Lipinski definition) is 5. The Labute approximate surface area is 133 Å². The Hall–Kier alpha value is -2.86. The lowest BCUT2D eigenvalue weighted by Crippen LogP contribution is -2.54. The van der Waals surface area contributed by atoms with Gasteiger partial charge in [0.15, 0.2) is 0 Å². The van der Waals surface area contributed by atoms with Crippen molar-refractivity contribution in [3.05, 3.63) is 66.2 Å². The highest BCUT2D eigenvalue weighted by atomic mass is 16.7. The second kappa shape index (κ2) is 7.42. The van der Waals surface area contributed by atoms with Crippen LogP contribution in [0.2, 0.25) is 0 Å². The van der Waals surface area contributed by atoms with Crippen LogP contribution in [0, 0.1) is 0 Å². The van der Waals surface area contributed by atoms with Gasteiger partial charge in [0.2, 0.25) is 0 Å². The smallest absolute Gasteiger partial charge is 0.411 e. The number of carbonyl (C=O) groups excluding carboxylic acids is 1. The van der Waals surface area contributed by atoms with Gasteiger partial charge in [-0.15, -0.1) is 0 Å². The van der Waals surface area contributed by atoms with Gasteiger partial charge < -0.3 is 19.3 Å². The van der Waals surface area contributed by atoms with Gasteiger partial charge in [-0.05, 0) is 17.7 Å². The third-order valence-electron chi connectivity index (χ3n) is 3.06. The summed E-state index contributed by atoms with van der Waals surface area (Å²) in [6.07, 6.45) is 0. The van der Waals surface area contributed by atoms with E-state index in [2.05, 4.69) is 0 Å². The predicted octanol–water partition coefficient (Wildman–Crippen LogP) is 2.24. The third kappa shape index (κ3) is 3.87. The van der Waals surface area contributed by atoms with Crippen LogP contribution in [-0.2, 0) is 25.7 Å². The quantitative estimate of drug-likeness (QED) is 0.479. The lowest BCUT2D eigenvalue weighted by molar-refractivity contribution is -0.220. The molecule has 6 nitrogen and oxygen atoms in total. The Bertz CT molecular complexity index is 655. The van der Waals surface area contributed by atoms with Crippen LogP contribution in [-0.4, -0.2) is 29.9 Å². The first-order chi connectivity index (χ1) is 11.1. The van der Waals surface area contributed by atoms with Gasteiger partial charge >= 0.3 is 17.7 Å². The van der Waals surface area contributed by atoms with Crippen molar-refractivity contribution in [2.45, 2.75) is 12.4 Å². The number of carboxylic acids is 1. The molecule has 0 fully saturated rings. The van der Waals surface area contributed by atoms with Gasteiger partial charge in [0.25, 0.3) is 0 Å². The second-order valence-electron chi connectivity index (χ2n) is 4.60. The predicted molar refractivity (Wildman–Crippen MR) is 80.7 cm³/mol. The first-order valence-corrected chi connectivity index (χ1v) is 6.82. The molecule has 2 aromatic carbocycles. The zero-order valence-electron chi connectivity index (χ0n) is 12.5. The van der Waals surface area contributed by atoms with Crippen LogP contribution < -0.4 is 4.74 Å². The Balaban J connectivity index is 2.16. The fourth-order valence-electron chi connectivity index (χ4n) is 1.86. The van der Waals surface area contributed by atoms with Crippen molar-refractivity contribution >= 4 is 11.9 Å². The Kier molecular flexibility index (Phi) is 5.32. The molecule has 23 heavy (non-hydrogen) atoms. The molecule has 0 saturated heterocycles. The zero-order valence-corrected chi connectivity index (χ0v) is 12.5. The topological polar surface area (TPSA) is 82.1 Å². The molecule has 0 bridgehead atoms. The van der Waals surface area contributed by atoms with Gasteiger partial charge in [-0.3, -0.25) is 0 Å². The van der Waals surface area contributed by atoms with E-state index in [1.165, 1.54) is 12.1 Å². The molecule has 0 heterocycles. The number of aliphatic carboxylic acids is 1. The van der Waals surface area contributed by atoms with E-state index < -0.39 is 17.7 Å². The molecule has 1 atom stereocenters. The van der Waals surface area contributed by atoms with Crippen molar-refractivity contribution in [3.63, 3.8) is 0 Å². The number of para-hydroxylation sites is 1. The van der Waals surface area contributed by atoms with E-state index in [1.807, 2.05) is 6.07 Å². The van der Waals surface area contributed by atoms with Crippen molar-refractivity contribution in [2.75, 3.05) is 7.11 Å². The number of carbonyl (C=O) groups is 2. The van der Waals surface area contributed by atoms with E-state index in [9.17, 15) is 14.7 Å². The molecule has 1 unspecified atom stereocenters. The first-order valence-electron chi connectivity index (χ1n) is 6.82. The molecule has 0 aromatic heterocycles. The van der Waals surface area contributed by atoms with Crippen molar-refractivity contribution < 1.29 is 28.9 Å². The average molecular weight is 316 g/mol. The van der Waals surface area contributed by atoms with Crippen molar-refractivity contribution in [1.82, 2.24) is 0 Å². The Morgan fingerprint density at radius 2 is 1.57 bits per heavy atom. The minimum Gasteiger partial charge on any atom is -0.476 e. The minimum absolute atomic E-state index is 0.0871. The van der Waals surface area contributed by atoms with Crippen LogP contribution in [0.5, 0.6) is 5.75 Å². The summed E-state index contributed by atoms with van der Waals surface area (Å²) in [6, 6.07) is 16.9.